The number of nitrogens with two attached hydrogens (primary N) is 1. The molecule has 5 heteroatoms. The minimum atomic E-state index is -1.08. The van der Waals surface area contributed by atoms with E-state index in [1.807, 2.05) is 0 Å². The van der Waals surface area contributed by atoms with E-state index in [0.29, 0.717) is 12.2 Å². The Kier molecular flexibility index (Phi) is 3.91. The summed E-state index contributed by atoms with van der Waals surface area (Å²) in [6.07, 6.45) is 0.306. The molecule has 0 atom stereocenters. The van der Waals surface area contributed by atoms with Gasteiger partial charge in [0.05, 0.1) is 18.8 Å². The second-order valence-corrected chi connectivity index (χ2v) is 2.95. The number of carbonyl (C=O) groups is 1. The smallest absolute Gasteiger partial charge is 0.337 e. The molecule has 1 aromatic carbocycles. The van der Waals surface area contributed by atoms with Gasteiger partial charge in [-0.2, -0.15) is 0 Å². The Morgan fingerprint density at radius 2 is 2.27 bits per heavy atom. The van der Waals surface area contributed by atoms with Crippen molar-refractivity contribution in [2.45, 2.75) is 6.42 Å². The number of alkyl halides is 1. The third-order valence-electron chi connectivity index (χ3n) is 1.80. The lowest BCUT2D eigenvalue weighted by Gasteiger charge is -2.06. The van der Waals surface area contributed by atoms with Gasteiger partial charge < -0.3 is 15.6 Å². The lowest BCUT2D eigenvalue weighted by atomic mass is 10.2. The van der Waals surface area contributed by atoms with E-state index in [-0.39, 0.29) is 17.9 Å². The molecule has 0 aliphatic carbocycles. The van der Waals surface area contributed by atoms with Crippen LogP contribution >= 0.6 is 0 Å². The number of rotatable bonds is 5. The average molecular weight is 213 g/mol. The average Bonchev–Trinajstić information content (AvgIpc) is 2.17. The molecule has 0 radical (unpaired) electrons. The molecule has 0 heterocycles. The Labute approximate surface area is 86.5 Å². The highest BCUT2D eigenvalue weighted by Gasteiger charge is 2.08. The van der Waals surface area contributed by atoms with E-state index in [0.717, 1.165) is 0 Å². The van der Waals surface area contributed by atoms with E-state index in [1.165, 1.54) is 18.2 Å². The van der Waals surface area contributed by atoms with Crippen molar-refractivity contribution in [2.75, 3.05) is 19.0 Å². The molecule has 0 aliphatic rings. The van der Waals surface area contributed by atoms with Gasteiger partial charge in [0.15, 0.2) is 0 Å². The molecular weight excluding hydrogens is 201 g/mol. The third-order valence-corrected chi connectivity index (χ3v) is 1.80. The molecule has 0 aromatic heterocycles. The molecule has 0 amide bonds. The van der Waals surface area contributed by atoms with Gasteiger partial charge >= 0.3 is 5.97 Å². The summed E-state index contributed by atoms with van der Waals surface area (Å²) in [5.41, 5.74) is 5.67. The zero-order valence-corrected chi connectivity index (χ0v) is 8.07. The maximum Gasteiger partial charge on any atom is 0.337 e. The van der Waals surface area contributed by atoms with Crippen molar-refractivity contribution in [3.8, 4) is 5.75 Å². The van der Waals surface area contributed by atoms with Crippen LogP contribution in [0.4, 0.5) is 10.1 Å². The van der Waals surface area contributed by atoms with Gasteiger partial charge in [-0.15, -0.1) is 0 Å². The standard InChI is InChI=1S/C10H12FNO3/c11-4-1-5-15-7-2-3-8(10(13)14)9(12)6-7/h2-3,6H,1,4-5,12H2,(H,13,14). The van der Waals surface area contributed by atoms with Crippen molar-refractivity contribution < 1.29 is 19.0 Å². The van der Waals surface area contributed by atoms with Crippen LogP contribution in [0.3, 0.4) is 0 Å². The first-order valence-corrected chi connectivity index (χ1v) is 4.46. The van der Waals surface area contributed by atoms with Crippen molar-refractivity contribution in [1.82, 2.24) is 0 Å². The fraction of sp³-hybridized carbons (Fsp3) is 0.300. The lowest BCUT2D eigenvalue weighted by Crippen LogP contribution is -2.04. The number of hydrogen-bond acceptors (Lipinski definition) is 3. The van der Waals surface area contributed by atoms with Crippen molar-refractivity contribution in [2.24, 2.45) is 0 Å². The van der Waals surface area contributed by atoms with Gasteiger partial charge in [-0.1, -0.05) is 0 Å². The maximum absolute atomic E-state index is 11.8. The number of hydrogen-bond donors (Lipinski definition) is 2. The van der Waals surface area contributed by atoms with Crippen molar-refractivity contribution in [3.05, 3.63) is 23.8 Å². The van der Waals surface area contributed by atoms with Crippen LogP contribution in [0.1, 0.15) is 16.8 Å². The number of anilines is 1. The summed E-state index contributed by atoms with van der Waals surface area (Å²) in [4.78, 5) is 10.6. The highest BCUT2D eigenvalue weighted by molar-refractivity contribution is 5.93. The Morgan fingerprint density at radius 1 is 1.53 bits per heavy atom. The van der Waals surface area contributed by atoms with Gasteiger partial charge in [0, 0.05) is 18.2 Å². The summed E-state index contributed by atoms with van der Waals surface area (Å²) in [5.74, 6) is -0.631. The monoisotopic (exact) mass is 213 g/mol. The first-order chi connectivity index (χ1) is 7.15. The predicted molar refractivity (Wildman–Crippen MR) is 53.9 cm³/mol. The zero-order chi connectivity index (χ0) is 11.3. The van der Waals surface area contributed by atoms with Gasteiger partial charge in [0.25, 0.3) is 0 Å². The molecule has 15 heavy (non-hydrogen) atoms. The van der Waals surface area contributed by atoms with Crippen molar-refractivity contribution in [3.63, 3.8) is 0 Å². The molecule has 3 N–H and O–H groups in total. The van der Waals surface area contributed by atoms with Crippen LogP contribution in [-0.2, 0) is 0 Å². The molecule has 0 saturated heterocycles. The van der Waals surface area contributed by atoms with Crippen LogP contribution in [0.2, 0.25) is 0 Å². The summed E-state index contributed by atoms with van der Waals surface area (Å²) < 4.78 is 16.9. The van der Waals surface area contributed by atoms with Crippen molar-refractivity contribution >= 4 is 11.7 Å². The molecule has 0 saturated carbocycles. The van der Waals surface area contributed by atoms with E-state index in [9.17, 15) is 9.18 Å². The van der Waals surface area contributed by atoms with Crippen LogP contribution in [0.25, 0.3) is 0 Å². The SMILES string of the molecule is Nc1cc(OCCCF)ccc1C(=O)O. The van der Waals surface area contributed by atoms with Crippen LogP contribution in [-0.4, -0.2) is 24.4 Å². The van der Waals surface area contributed by atoms with E-state index in [4.69, 9.17) is 15.6 Å². The first kappa shape index (κ1) is 11.3. The van der Waals surface area contributed by atoms with E-state index >= 15 is 0 Å². The minimum Gasteiger partial charge on any atom is -0.493 e. The molecule has 1 aromatic rings. The molecule has 0 spiro atoms. The van der Waals surface area contributed by atoms with Crippen LogP contribution in [0.15, 0.2) is 18.2 Å². The summed E-state index contributed by atoms with van der Waals surface area (Å²) in [6, 6.07) is 4.28. The predicted octanol–water partition coefficient (Wildman–Crippen LogP) is 1.71. The highest BCUT2D eigenvalue weighted by Crippen LogP contribution is 2.19. The molecule has 1 rings (SSSR count). The Balaban J connectivity index is 2.69. The van der Waals surface area contributed by atoms with Crippen LogP contribution < -0.4 is 10.5 Å². The second-order valence-electron chi connectivity index (χ2n) is 2.95. The van der Waals surface area contributed by atoms with Crippen molar-refractivity contribution in [1.29, 1.82) is 0 Å². The first-order valence-electron chi connectivity index (χ1n) is 4.46. The molecule has 0 fully saturated rings. The fourth-order valence-corrected chi connectivity index (χ4v) is 1.07. The molecule has 0 unspecified atom stereocenters. The van der Waals surface area contributed by atoms with Gasteiger partial charge in [-0.05, 0) is 12.1 Å². The van der Waals surface area contributed by atoms with E-state index < -0.39 is 12.6 Å². The Bertz CT molecular complexity index is 355. The summed E-state index contributed by atoms with van der Waals surface area (Å²) >= 11 is 0. The van der Waals surface area contributed by atoms with E-state index in [1.54, 1.807) is 0 Å². The van der Waals surface area contributed by atoms with E-state index in [2.05, 4.69) is 0 Å². The number of benzene rings is 1. The minimum absolute atomic E-state index is 0.0350. The van der Waals surface area contributed by atoms with Gasteiger partial charge in [-0.25, -0.2) is 4.79 Å². The molecule has 82 valence electrons. The van der Waals surface area contributed by atoms with Gasteiger partial charge in [-0.3, -0.25) is 4.39 Å². The number of halogens is 1. The Hall–Kier alpha value is -1.78. The molecule has 4 nitrogen and oxygen atoms in total. The topological polar surface area (TPSA) is 72.5 Å². The Morgan fingerprint density at radius 3 is 2.80 bits per heavy atom. The summed E-state index contributed by atoms with van der Waals surface area (Å²) in [6.45, 7) is -0.189. The number of carboxylic acid groups (broad SMARTS) is 1. The zero-order valence-electron chi connectivity index (χ0n) is 8.07. The lowest BCUT2D eigenvalue weighted by molar-refractivity contribution is 0.0698. The molecular formula is C10H12FNO3. The number of nitrogen functional groups attached to an aromatic ring is 1. The largest absolute Gasteiger partial charge is 0.493 e. The number of carboxylic acids is 1. The van der Waals surface area contributed by atoms with Gasteiger partial charge in [0.1, 0.15) is 5.75 Å². The maximum atomic E-state index is 11.8. The molecule has 0 aliphatic heterocycles. The highest BCUT2D eigenvalue weighted by atomic mass is 19.1. The quantitative estimate of drug-likeness (QED) is 0.576. The normalized spacial score (nSPS) is 9.93. The number of ether oxygens (including phenoxy) is 1. The third kappa shape index (κ3) is 3.12. The van der Waals surface area contributed by atoms with Crippen LogP contribution in [0, 0.1) is 0 Å². The van der Waals surface area contributed by atoms with Crippen LogP contribution in [0.5, 0.6) is 5.75 Å². The molecule has 0 bridgehead atoms. The summed E-state index contributed by atoms with van der Waals surface area (Å²) in [5, 5.41) is 8.70. The number of aromatic carboxylic acids is 1. The fourth-order valence-electron chi connectivity index (χ4n) is 1.07. The van der Waals surface area contributed by atoms with Gasteiger partial charge in [0.2, 0.25) is 0 Å². The summed E-state index contributed by atoms with van der Waals surface area (Å²) in [7, 11) is 0. The second kappa shape index (κ2) is 5.19.